The first-order valence-electron chi connectivity index (χ1n) is 13.7. The molecule has 1 heterocycles. The zero-order valence-corrected chi connectivity index (χ0v) is 23.5. The van der Waals surface area contributed by atoms with Gasteiger partial charge in [-0.05, 0) is 30.0 Å². The van der Waals surface area contributed by atoms with Gasteiger partial charge in [0, 0.05) is 29.9 Å². The molecule has 3 amide bonds. The van der Waals surface area contributed by atoms with Crippen LogP contribution in [-0.4, -0.2) is 69.2 Å². The van der Waals surface area contributed by atoms with E-state index < -0.39 is 54.0 Å². The predicted octanol–water partition coefficient (Wildman–Crippen LogP) is 1.25. The molecule has 8 N–H and O–H groups in total. The first-order chi connectivity index (χ1) is 19.5. The van der Waals surface area contributed by atoms with E-state index in [0.29, 0.717) is 6.42 Å². The van der Waals surface area contributed by atoms with E-state index >= 15 is 0 Å². The Morgan fingerprint density at radius 1 is 0.854 bits per heavy atom. The Morgan fingerprint density at radius 2 is 1.44 bits per heavy atom. The van der Waals surface area contributed by atoms with E-state index in [2.05, 4.69) is 20.9 Å². The third kappa shape index (κ3) is 8.38. The highest BCUT2D eigenvalue weighted by molar-refractivity contribution is 5.95. The average Bonchev–Trinajstić information content (AvgIpc) is 3.37. The normalized spacial score (nSPS) is 15.6. The maximum absolute atomic E-state index is 13.7. The van der Waals surface area contributed by atoms with Gasteiger partial charge in [0.15, 0.2) is 0 Å². The van der Waals surface area contributed by atoms with Gasteiger partial charge in [0.2, 0.25) is 17.7 Å². The molecule has 41 heavy (non-hydrogen) atoms. The Bertz CT molecular complexity index is 1340. The van der Waals surface area contributed by atoms with Crippen LogP contribution in [0, 0.1) is 5.92 Å². The zero-order chi connectivity index (χ0) is 30.1. The highest BCUT2D eigenvalue weighted by Gasteiger charge is 2.33. The molecule has 0 aliphatic rings. The minimum absolute atomic E-state index is 0.0679. The summed E-state index contributed by atoms with van der Waals surface area (Å²) in [6.07, 6.45) is 1.26. The van der Waals surface area contributed by atoms with Crippen molar-refractivity contribution in [2.75, 3.05) is 0 Å². The number of hydrogen-bond donors (Lipinski definition) is 7. The first kappa shape index (κ1) is 31.3. The van der Waals surface area contributed by atoms with Gasteiger partial charge in [-0.1, -0.05) is 68.8 Å². The lowest BCUT2D eigenvalue weighted by atomic mass is 9.97. The van der Waals surface area contributed by atoms with Crippen LogP contribution in [0.25, 0.3) is 10.9 Å². The number of amides is 3. The van der Waals surface area contributed by atoms with Crippen LogP contribution in [0.15, 0.2) is 60.8 Å². The number of fused-ring (bicyclic) bond motifs is 1. The largest absolute Gasteiger partial charge is 0.480 e. The Morgan fingerprint density at radius 3 is 2.07 bits per heavy atom. The number of carbonyl (C=O) groups is 4. The summed E-state index contributed by atoms with van der Waals surface area (Å²) in [5, 5.41) is 28.3. The van der Waals surface area contributed by atoms with Gasteiger partial charge in [0.25, 0.3) is 0 Å². The van der Waals surface area contributed by atoms with Crippen molar-refractivity contribution in [3.05, 3.63) is 71.9 Å². The summed E-state index contributed by atoms with van der Waals surface area (Å²) in [5.41, 5.74) is 8.17. The lowest BCUT2D eigenvalue weighted by molar-refractivity contribution is -0.143. The van der Waals surface area contributed by atoms with Crippen LogP contribution in [0.4, 0.5) is 0 Å². The van der Waals surface area contributed by atoms with Crippen molar-refractivity contribution in [1.29, 1.82) is 0 Å². The molecule has 6 unspecified atom stereocenters. The second-order valence-electron chi connectivity index (χ2n) is 10.4. The predicted molar refractivity (Wildman–Crippen MR) is 155 cm³/mol. The third-order valence-corrected chi connectivity index (χ3v) is 7.25. The van der Waals surface area contributed by atoms with E-state index in [1.807, 2.05) is 37.3 Å². The number of nitrogens with two attached hydrogens (primary N) is 1. The van der Waals surface area contributed by atoms with Gasteiger partial charge < -0.3 is 36.9 Å². The van der Waals surface area contributed by atoms with Crippen molar-refractivity contribution in [3.63, 3.8) is 0 Å². The Balaban J connectivity index is 1.90. The van der Waals surface area contributed by atoms with Crippen LogP contribution >= 0.6 is 0 Å². The summed E-state index contributed by atoms with van der Waals surface area (Å²) in [6.45, 7) is 4.92. The fraction of sp³-hybridized carbons (Fsp3) is 0.400. The zero-order valence-electron chi connectivity index (χ0n) is 23.5. The van der Waals surface area contributed by atoms with E-state index in [9.17, 15) is 29.4 Å². The molecule has 0 fully saturated rings. The smallest absolute Gasteiger partial charge is 0.326 e. The molecule has 0 bridgehead atoms. The lowest BCUT2D eigenvalue weighted by Gasteiger charge is -2.27. The van der Waals surface area contributed by atoms with Crippen molar-refractivity contribution in [1.82, 2.24) is 20.9 Å². The highest BCUT2D eigenvalue weighted by atomic mass is 16.4. The Hall–Kier alpha value is -4.22. The number of H-pyrrole nitrogens is 1. The van der Waals surface area contributed by atoms with Gasteiger partial charge in [-0.3, -0.25) is 14.4 Å². The molecule has 11 heteroatoms. The van der Waals surface area contributed by atoms with Crippen LogP contribution in [0.3, 0.4) is 0 Å². The molecule has 0 spiro atoms. The number of carbonyl (C=O) groups excluding carboxylic acids is 3. The van der Waals surface area contributed by atoms with Gasteiger partial charge in [0.1, 0.15) is 24.2 Å². The quantitative estimate of drug-likeness (QED) is 0.153. The standard InChI is InChI=1S/C30H39N5O6/c1-4-17(2)26(30(40)41)35-28(38)23(14-19-10-6-5-7-11-19)33-27(37)24(34-29(39)25(31)18(3)36)15-20-16-32-22-13-9-8-12-21(20)22/h5-13,16-18,23-26,32,36H,4,14-15,31H2,1-3H3,(H,33,37)(H,34,39)(H,35,38)(H,40,41). The van der Waals surface area contributed by atoms with E-state index in [1.54, 1.807) is 37.4 Å². The molecule has 3 aromatic rings. The summed E-state index contributed by atoms with van der Waals surface area (Å²) in [4.78, 5) is 55.0. The summed E-state index contributed by atoms with van der Waals surface area (Å²) < 4.78 is 0. The minimum Gasteiger partial charge on any atom is -0.480 e. The Kier molecular flexibility index (Phi) is 11.0. The molecule has 11 nitrogen and oxygen atoms in total. The molecule has 2 aromatic carbocycles. The van der Waals surface area contributed by atoms with Gasteiger partial charge in [-0.25, -0.2) is 4.79 Å². The first-order valence-corrected chi connectivity index (χ1v) is 13.7. The molecular formula is C30H39N5O6. The summed E-state index contributed by atoms with van der Waals surface area (Å²) in [6, 6.07) is 11.8. The number of aromatic nitrogens is 1. The number of rotatable bonds is 14. The van der Waals surface area contributed by atoms with Crippen molar-refractivity contribution in [2.24, 2.45) is 11.7 Å². The summed E-state index contributed by atoms with van der Waals surface area (Å²) >= 11 is 0. The summed E-state index contributed by atoms with van der Waals surface area (Å²) in [7, 11) is 0. The lowest BCUT2D eigenvalue weighted by Crippen LogP contribution is -2.59. The number of carboxylic acids is 1. The number of para-hydroxylation sites is 1. The van der Waals surface area contributed by atoms with Crippen molar-refractivity contribution in [3.8, 4) is 0 Å². The van der Waals surface area contributed by atoms with Crippen LogP contribution in [0.1, 0.15) is 38.3 Å². The maximum Gasteiger partial charge on any atom is 0.326 e. The molecule has 0 saturated carbocycles. The van der Waals surface area contributed by atoms with Crippen molar-refractivity contribution in [2.45, 2.75) is 70.3 Å². The summed E-state index contributed by atoms with van der Waals surface area (Å²) in [5.74, 6) is -3.57. The van der Waals surface area contributed by atoms with Gasteiger partial charge in [-0.15, -0.1) is 0 Å². The van der Waals surface area contributed by atoms with Crippen molar-refractivity contribution >= 4 is 34.6 Å². The molecule has 0 aliphatic heterocycles. The van der Waals surface area contributed by atoms with E-state index in [-0.39, 0.29) is 18.8 Å². The number of aliphatic hydroxyl groups is 1. The van der Waals surface area contributed by atoms with Gasteiger partial charge >= 0.3 is 5.97 Å². The molecule has 220 valence electrons. The van der Waals surface area contributed by atoms with Crippen LogP contribution in [-0.2, 0) is 32.0 Å². The minimum atomic E-state index is -1.27. The maximum atomic E-state index is 13.7. The number of aliphatic carboxylic acids is 1. The number of aromatic amines is 1. The number of aliphatic hydroxyl groups excluding tert-OH is 1. The molecule has 0 radical (unpaired) electrons. The van der Waals surface area contributed by atoms with Crippen LogP contribution < -0.4 is 21.7 Å². The molecule has 6 atom stereocenters. The molecule has 3 rings (SSSR count). The van der Waals surface area contributed by atoms with E-state index in [0.717, 1.165) is 22.0 Å². The fourth-order valence-electron chi connectivity index (χ4n) is 4.49. The molecule has 0 saturated heterocycles. The number of carboxylic acid groups (broad SMARTS) is 1. The number of nitrogens with one attached hydrogen (secondary N) is 4. The second kappa shape index (κ2) is 14.4. The van der Waals surface area contributed by atoms with Crippen LogP contribution in [0.2, 0.25) is 0 Å². The van der Waals surface area contributed by atoms with E-state index in [4.69, 9.17) is 5.73 Å². The van der Waals surface area contributed by atoms with Gasteiger partial charge in [-0.2, -0.15) is 0 Å². The molecular weight excluding hydrogens is 526 g/mol. The highest BCUT2D eigenvalue weighted by Crippen LogP contribution is 2.19. The molecule has 1 aromatic heterocycles. The van der Waals surface area contributed by atoms with Gasteiger partial charge in [0.05, 0.1) is 6.10 Å². The number of hydrogen-bond acceptors (Lipinski definition) is 6. The topological polar surface area (TPSA) is 187 Å². The van der Waals surface area contributed by atoms with Crippen molar-refractivity contribution < 1.29 is 29.4 Å². The van der Waals surface area contributed by atoms with Crippen LogP contribution in [0.5, 0.6) is 0 Å². The SMILES string of the molecule is CCC(C)C(NC(=O)C(Cc1ccccc1)NC(=O)C(Cc1c[nH]c2ccccc12)NC(=O)C(N)C(C)O)C(=O)O. The fourth-order valence-corrected chi connectivity index (χ4v) is 4.49. The van der Waals surface area contributed by atoms with E-state index in [1.165, 1.54) is 6.92 Å². The molecule has 0 aliphatic carbocycles. The third-order valence-electron chi connectivity index (χ3n) is 7.25. The monoisotopic (exact) mass is 565 g/mol. The Labute approximate surface area is 238 Å². The average molecular weight is 566 g/mol. The second-order valence-corrected chi connectivity index (χ2v) is 10.4. The number of benzene rings is 2.